The van der Waals surface area contributed by atoms with Gasteiger partial charge in [0.05, 0.1) is 22.4 Å². The van der Waals surface area contributed by atoms with Crippen LogP contribution < -0.4 is 15.6 Å². The summed E-state index contributed by atoms with van der Waals surface area (Å²) >= 11 is 5.96. The minimum Gasteiger partial charge on any atom is -0.385 e. The number of amides is 2. The van der Waals surface area contributed by atoms with Crippen LogP contribution in [0.1, 0.15) is 33.3 Å². The first-order valence-corrected chi connectivity index (χ1v) is 14.3. The van der Waals surface area contributed by atoms with Gasteiger partial charge in [-0.25, -0.2) is 0 Å². The molecule has 3 aromatic carbocycles. The Morgan fingerprint density at radius 3 is 2.63 bits per heavy atom. The van der Waals surface area contributed by atoms with Crippen molar-refractivity contribution in [3.63, 3.8) is 0 Å². The van der Waals surface area contributed by atoms with Crippen molar-refractivity contribution in [1.82, 2.24) is 19.8 Å². The number of benzene rings is 3. The predicted molar refractivity (Wildman–Crippen MR) is 167 cm³/mol. The molecular weight excluding hydrogens is 566 g/mol. The van der Waals surface area contributed by atoms with E-state index in [0.717, 1.165) is 22.0 Å². The van der Waals surface area contributed by atoms with Crippen LogP contribution in [0.5, 0.6) is 0 Å². The molecule has 218 valence electrons. The summed E-state index contributed by atoms with van der Waals surface area (Å²) < 4.78 is 1.67. The molecule has 0 spiro atoms. The minimum absolute atomic E-state index is 0.0158. The molecule has 0 saturated heterocycles. The Hall–Kier alpha value is -4.57. The summed E-state index contributed by atoms with van der Waals surface area (Å²) in [5.41, 5.74) is 3.75. The number of aliphatic hydroxyl groups excluding tert-OH is 1. The van der Waals surface area contributed by atoms with Crippen molar-refractivity contribution < 1.29 is 14.7 Å². The van der Waals surface area contributed by atoms with Gasteiger partial charge in [-0.1, -0.05) is 48.0 Å². The van der Waals surface area contributed by atoms with E-state index < -0.39 is 17.4 Å². The smallest absolute Gasteiger partial charge is 0.257 e. The van der Waals surface area contributed by atoms with Crippen LogP contribution in [0.25, 0.3) is 21.8 Å². The predicted octanol–water partition coefficient (Wildman–Crippen LogP) is 4.27. The van der Waals surface area contributed by atoms with E-state index in [0.29, 0.717) is 40.4 Å². The summed E-state index contributed by atoms with van der Waals surface area (Å²) in [4.78, 5) is 47.9. The second-order valence-corrected chi connectivity index (χ2v) is 11.4. The summed E-state index contributed by atoms with van der Waals surface area (Å²) in [5, 5.41) is 15.7. The maximum absolute atomic E-state index is 13.7. The van der Waals surface area contributed by atoms with E-state index in [4.69, 9.17) is 11.6 Å². The number of likely N-dealkylation sites (N-methyl/N-ethyl adjacent to an activating group) is 2. The summed E-state index contributed by atoms with van der Waals surface area (Å²) in [7, 11) is 3.55. The van der Waals surface area contributed by atoms with Gasteiger partial charge in [-0.15, -0.1) is 0 Å². The highest BCUT2D eigenvalue weighted by Gasteiger charge is 2.27. The van der Waals surface area contributed by atoms with E-state index >= 15 is 0 Å². The van der Waals surface area contributed by atoms with Crippen molar-refractivity contribution >= 4 is 50.9 Å². The normalized spacial score (nSPS) is 13.6. The fourth-order valence-electron chi connectivity index (χ4n) is 5.51. The number of nitrogens with zero attached hydrogens (tertiary/aromatic N) is 4. The Morgan fingerprint density at radius 2 is 1.84 bits per heavy atom. The second-order valence-electron chi connectivity index (χ2n) is 10.9. The number of nitrogens with one attached hydrogen (secondary N) is 1. The highest BCUT2D eigenvalue weighted by atomic mass is 35.5. The maximum atomic E-state index is 13.7. The summed E-state index contributed by atoms with van der Waals surface area (Å²) in [6, 6.07) is 22.2. The van der Waals surface area contributed by atoms with Crippen LogP contribution in [0.4, 0.5) is 5.69 Å². The molecule has 0 fully saturated rings. The lowest BCUT2D eigenvalue weighted by Crippen LogP contribution is -2.37. The molecule has 0 unspecified atom stereocenters. The average Bonchev–Trinajstić information content (AvgIpc) is 3.00. The molecule has 1 atom stereocenters. The topological polar surface area (TPSA) is 108 Å². The van der Waals surface area contributed by atoms with Gasteiger partial charge in [0, 0.05) is 48.7 Å². The van der Waals surface area contributed by atoms with Gasteiger partial charge in [0.1, 0.15) is 18.2 Å². The number of pyridine rings is 2. The van der Waals surface area contributed by atoms with E-state index in [9.17, 15) is 19.5 Å². The van der Waals surface area contributed by atoms with Gasteiger partial charge in [0.25, 0.3) is 5.91 Å². The summed E-state index contributed by atoms with van der Waals surface area (Å²) in [6.07, 6.45) is 0.639. The van der Waals surface area contributed by atoms with Gasteiger partial charge >= 0.3 is 0 Å². The van der Waals surface area contributed by atoms with E-state index in [-0.39, 0.29) is 24.6 Å². The van der Waals surface area contributed by atoms with Crippen LogP contribution in [0.2, 0.25) is 5.02 Å². The third-order valence-electron chi connectivity index (χ3n) is 7.76. The standard InChI is InChI=1S/C33H30ClN5O4/c1-37(18-29(40)27-12-9-22-5-3-4-6-26(22)36-27)16-21-13-24-31-28(14-21)38(2)30(41)19-39(31)17-25(32(24)42)33(43)35-15-20-7-10-23(34)11-8-20/h3-14,17,29,40H,15-16,18-19H2,1-2H3,(H,35,43)/t29-/m0/s1. The molecule has 6 rings (SSSR count). The minimum atomic E-state index is -0.828. The van der Waals surface area contributed by atoms with Crippen LogP contribution >= 0.6 is 11.6 Å². The van der Waals surface area contributed by atoms with E-state index in [1.165, 1.54) is 6.20 Å². The van der Waals surface area contributed by atoms with Crippen LogP contribution in [0.15, 0.2) is 83.8 Å². The number of aliphatic hydroxyl groups is 1. The number of hydrogen-bond acceptors (Lipinski definition) is 6. The maximum Gasteiger partial charge on any atom is 0.257 e. The molecule has 10 heteroatoms. The number of rotatable bonds is 8. The number of para-hydroxylation sites is 1. The van der Waals surface area contributed by atoms with Crippen molar-refractivity contribution in [3.8, 4) is 0 Å². The van der Waals surface area contributed by atoms with Crippen molar-refractivity contribution in [3.05, 3.63) is 117 Å². The SMILES string of the molecule is CN(Cc1cc2c3c(c1)c(=O)c(C(=O)NCc1ccc(Cl)cc1)cn3CC(=O)N2C)C[C@H](O)c1ccc2ccccc2n1. The van der Waals surface area contributed by atoms with Crippen LogP contribution in [0.3, 0.4) is 0 Å². The highest BCUT2D eigenvalue weighted by Crippen LogP contribution is 2.31. The molecular formula is C33H30ClN5O4. The molecule has 1 aliphatic rings. The van der Waals surface area contributed by atoms with Gasteiger partial charge < -0.3 is 19.9 Å². The van der Waals surface area contributed by atoms with E-state index in [2.05, 4.69) is 10.3 Å². The zero-order chi connectivity index (χ0) is 30.2. The lowest BCUT2D eigenvalue weighted by molar-refractivity contribution is -0.119. The molecule has 43 heavy (non-hydrogen) atoms. The third-order valence-corrected chi connectivity index (χ3v) is 8.01. The summed E-state index contributed by atoms with van der Waals surface area (Å²) in [6.45, 7) is 0.925. The van der Waals surface area contributed by atoms with Gasteiger partial charge in [-0.05, 0) is 54.6 Å². The van der Waals surface area contributed by atoms with E-state index in [1.54, 1.807) is 46.8 Å². The van der Waals surface area contributed by atoms with Gasteiger partial charge in [-0.2, -0.15) is 0 Å². The lowest BCUT2D eigenvalue weighted by Gasteiger charge is -2.29. The number of hydrogen-bond donors (Lipinski definition) is 2. The Morgan fingerprint density at radius 1 is 1.07 bits per heavy atom. The van der Waals surface area contributed by atoms with Gasteiger partial charge in [0.15, 0.2) is 0 Å². The van der Waals surface area contributed by atoms with Crippen molar-refractivity contribution in [2.45, 2.75) is 25.7 Å². The third kappa shape index (κ3) is 5.75. The Kier molecular flexibility index (Phi) is 7.70. The van der Waals surface area contributed by atoms with Crippen LogP contribution in [-0.4, -0.2) is 52.0 Å². The molecule has 5 aromatic rings. The van der Waals surface area contributed by atoms with Crippen LogP contribution in [0, 0.1) is 0 Å². The number of carbonyl (C=O) groups excluding carboxylic acids is 2. The first-order valence-electron chi connectivity index (χ1n) is 13.9. The summed E-state index contributed by atoms with van der Waals surface area (Å²) in [5.74, 6) is -0.680. The van der Waals surface area contributed by atoms with Crippen LogP contribution in [-0.2, 0) is 24.4 Å². The zero-order valence-electron chi connectivity index (χ0n) is 23.8. The Balaban J connectivity index is 1.28. The van der Waals surface area contributed by atoms with E-state index in [1.807, 2.05) is 54.4 Å². The molecule has 2 aromatic heterocycles. The molecule has 0 aliphatic carbocycles. The first-order chi connectivity index (χ1) is 20.7. The number of carbonyl (C=O) groups is 2. The van der Waals surface area contributed by atoms with Gasteiger partial charge in [-0.3, -0.25) is 24.3 Å². The van der Waals surface area contributed by atoms with Crippen molar-refractivity contribution in [2.75, 3.05) is 25.5 Å². The molecule has 0 saturated carbocycles. The molecule has 1 aliphatic heterocycles. The monoisotopic (exact) mass is 595 g/mol. The Labute approximate surface area is 252 Å². The molecule has 2 amide bonds. The number of aromatic nitrogens is 2. The number of fused-ring (bicyclic) bond motifs is 1. The molecule has 0 radical (unpaired) electrons. The Bertz CT molecular complexity index is 1940. The van der Waals surface area contributed by atoms with Crippen molar-refractivity contribution in [1.29, 1.82) is 0 Å². The molecule has 0 bridgehead atoms. The lowest BCUT2D eigenvalue weighted by atomic mass is 10.0. The van der Waals surface area contributed by atoms with Gasteiger partial charge in [0.2, 0.25) is 11.3 Å². The molecule has 9 nitrogen and oxygen atoms in total. The first kappa shape index (κ1) is 28.5. The molecule has 3 heterocycles. The fraction of sp³-hybridized carbons (Fsp3) is 0.212. The zero-order valence-corrected chi connectivity index (χ0v) is 24.5. The number of anilines is 1. The highest BCUT2D eigenvalue weighted by molar-refractivity contribution is 6.30. The largest absolute Gasteiger partial charge is 0.385 e. The average molecular weight is 596 g/mol. The fourth-order valence-corrected chi connectivity index (χ4v) is 5.63. The van der Waals surface area contributed by atoms with Crippen molar-refractivity contribution in [2.24, 2.45) is 0 Å². The second kappa shape index (κ2) is 11.6. The molecule has 2 N–H and O–H groups in total. The number of halogens is 1. The quantitative estimate of drug-likeness (QED) is 0.277.